The second kappa shape index (κ2) is 6.01. The molecule has 0 unspecified atom stereocenters. The molecule has 0 spiro atoms. The van der Waals surface area contributed by atoms with E-state index in [-0.39, 0.29) is 21.5 Å². The minimum atomic E-state index is -1.08. The van der Waals surface area contributed by atoms with Crippen LogP contribution < -0.4 is 5.32 Å². The van der Waals surface area contributed by atoms with Crippen molar-refractivity contribution in [2.24, 2.45) is 0 Å². The molecular formula is C14H13FN2O3S. The molecule has 1 amide bonds. The number of carbonyl (C=O) groups excluding carboxylic acids is 1. The zero-order valence-corrected chi connectivity index (χ0v) is 12.2. The van der Waals surface area contributed by atoms with Crippen LogP contribution in [0.4, 0.5) is 9.52 Å². The van der Waals surface area contributed by atoms with Crippen molar-refractivity contribution in [3.05, 3.63) is 46.2 Å². The number of carboxylic acids is 1. The fourth-order valence-electron chi connectivity index (χ4n) is 1.73. The van der Waals surface area contributed by atoms with Crippen molar-refractivity contribution < 1.29 is 19.1 Å². The maximum Gasteiger partial charge on any atom is 0.347 e. The molecule has 2 rings (SSSR count). The van der Waals surface area contributed by atoms with Crippen LogP contribution in [0.25, 0.3) is 0 Å². The Kier molecular flexibility index (Phi) is 4.32. The summed E-state index contributed by atoms with van der Waals surface area (Å²) in [6, 6.07) is 5.23. The van der Waals surface area contributed by atoms with E-state index in [0.29, 0.717) is 5.69 Å². The second-order valence-electron chi connectivity index (χ2n) is 4.66. The van der Waals surface area contributed by atoms with Crippen molar-refractivity contribution in [2.75, 3.05) is 5.32 Å². The Labute approximate surface area is 124 Å². The number of aromatic carboxylic acids is 1. The molecule has 0 aliphatic heterocycles. The van der Waals surface area contributed by atoms with Crippen molar-refractivity contribution in [1.29, 1.82) is 0 Å². The lowest BCUT2D eigenvalue weighted by atomic mass is 10.1. The van der Waals surface area contributed by atoms with Crippen molar-refractivity contribution in [2.45, 2.75) is 19.8 Å². The van der Waals surface area contributed by atoms with Gasteiger partial charge in [-0.3, -0.25) is 10.1 Å². The van der Waals surface area contributed by atoms with Crippen LogP contribution in [-0.4, -0.2) is 22.0 Å². The lowest BCUT2D eigenvalue weighted by Gasteiger charge is -2.02. The largest absolute Gasteiger partial charge is 0.477 e. The number of carbonyl (C=O) groups is 2. The van der Waals surface area contributed by atoms with Crippen LogP contribution in [0.15, 0.2) is 24.3 Å². The highest BCUT2D eigenvalue weighted by atomic mass is 32.1. The number of amides is 1. The smallest absolute Gasteiger partial charge is 0.347 e. The van der Waals surface area contributed by atoms with Crippen LogP contribution in [0.3, 0.4) is 0 Å². The molecule has 0 aliphatic rings. The summed E-state index contributed by atoms with van der Waals surface area (Å²) in [6.07, 6.45) is 0. The molecule has 2 aromatic rings. The van der Waals surface area contributed by atoms with E-state index < -0.39 is 17.7 Å². The van der Waals surface area contributed by atoms with E-state index in [1.807, 2.05) is 13.8 Å². The summed E-state index contributed by atoms with van der Waals surface area (Å²) < 4.78 is 13.1. The van der Waals surface area contributed by atoms with E-state index in [0.717, 1.165) is 17.4 Å². The van der Waals surface area contributed by atoms with Crippen LogP contribution >= 0.6 is 11.3 Å². The van der Waals surface area contributed by atoms with Crippen LogP contribution in [-0.2, 0) is 0 Å². The second-order valence-corrected chi connectivity index (χ2v) is 5.66. The zero-order chi connectivity index (χ0) is 15.6. The number of hydrogen-bond acceptors (Lipinski definition) is 4. The number of carboxylic acid groups (broad SMARTS) is 1. The van der Waals surface area contributed by atoms with E-state index in [2.05, 4.69) is 10.3 Å². The van der Waals surface area contributed by atoms with Gasteiger partial charge in [0, 0.05) is 5.56 Å². The summed E-state index contributed by atoms with van der Waals surface area (Å²) in [5, 5.41) is 11.8. The number of benzene rings is 1. The van der Waals surface area contributed by atoms with Gasteiger partial charge in [-0.25, -0.2) is 14.2 Å². The fourth-order valence-corrected chi connectivity index (χ4v) is 2.68. The van der Waals surface area contributed by atoms with E-state index in [1.165, 1.54) is 18.2 Å². The molecule has 0 saturated heterocycles. The molecule has 1 heterocycles. The molecule has 110 valence electrons. The van der Waals surface area contributed by atoms with Gasteiger partial charge < -0.3 is 5.11 Å². The molecule has 0 aliphatic carbocycles. The first kappa shape index (κ1) is 15.1. The first-order valence-corrected chi connectivity index (χ1v) is 7.01. The Morgan fingerprint density at radius 2 is 2.10 bits per heavy atom. The third-order valence-electron chi connectivity index (χ3n) is 2.70. The molecule has 1 aromatic heterocycles. The summed E-state index contributed by atoms with van der Waals surface area (Å²) in [5.74, 6) is -2.21. The Morgan fingerprint density at radius 1 is 1.38 bits per heavy atom. The maximum absolute atomic E-state index is 13.1. The average molecular weight is 308 g/mol. The first-order chi connectivity index (χ1) is 9.88. The maximum atomic E-state index is 13.1. The normalized spacial score (nSPS) is 10.7. The van der Waals surface area contributed by atoms with E-state index in [9.17, 15) is 14.0 Å². The number of halogens is 1. The molecule has 0 radical (unpaired) electrons. The summed E-state index contributed by atoms with van der Waals surface area (Å²) in [4.78, 5) is 27.3. The Morgan fingerprint density at radius 3 is 2.62 bits per heavy atom. The molecule has 1 aromatic carbocycles. The SMILES string of the molecule is CC(C)c1nc(NC(=O)c2cccc(F)c2)sc1C(=O)O. The van der Waals surface area contributed by atoms with Gasteiger partial charge in [0.2, 0.25) is 0 Å². The predicted molar refractivity (Wildman–Crippen MR) is 77.5 cm³/mol. The third kappa shape index (κ3) is 3.43. The lowest BCUT2D eigenvalue weighted by Crippen LogP contribution is -2.11. The summed E-state index contributed by atoms with van der Waals surface area (Å²) in [6.45, 7) is 3.64. The molecule has 0 fully saturated rings. The monoisotopic (exact) mass is 308 g/mol. The highest BCUT2D eigenvalue weighted by molar-refractivity contribution is 7.17. The lowest BCUT2D eigenvalue weighted by molar-refractivity contribution is 0.0700. The number of hydrogen-bond donors (Lipinski definition) is 2. The highest BCUT2D eigenvalue weighted by Crippen LogP contribution is 2.28. The number of thiazole rings is 1. The van der Waals surface area contributed by atoms with Gasteiger partial charge >= 0.3 is 5.97 Å². The van der Waals surface area contributed by atoms with Gasteiger partial charge in [-0.1, -0.05) is 31.3 Å². The van der Waals surface area contributed by atoms with E-state index in [1.54, 1.807) is 0 Å². The Bertz CT molecular complexity index is 697. The third-order valence-corrected chi connectivity index (χ3v) is 3.68. The molecule has 0 bridgehead atoms. The first-order valence-electron chi connectivity index (χ1n) is 6.19. The summed E-state index contributed by atoms with van der Waals surface area (Å²) in [7, 11) is 0. The minimum Gasteiger partial charge on any atom is -0.477 e. The average Bonchev–Trinajstić information content (AvgIpc) is 2.83. The Hall–Kier alpha value is -2.28. The van der Waals surface area contributed by atoms with Crippen molar-refractivity contribution >= 4 is 28.3 Å². The fraction of sp³-hybridized carbons (Fsp3) is 0.214. The predicted octanol–water partition coefficient (Wildman–Crippen LogP) is 3.36. The van der Waals surface area contributed by atoms with Crippen LogP contribution in [0, 0.1) is 5.82 Å². The number of nitrogens with one attached hydrogen (secondary N) is 1. The van der Waals surface area contributed by atoms with E-state index in [4.69, 9.17) is 5.11 Å². The Balaban J connectivity index is 2.26. The number of anilines is 1. The molecular weight excluding hydrogens is 295 g/mol. The quantitative estimate of drug-likeness (QED) is 0.907. The number of aromatic nitrogens is 1. The molecule has 2 N–H and O–H groups in total. The standard InChI is InChI=1S/C14H13FN2O3S/c1-7(2)10-11(13(19)20)21-14(16-10)17-12(18)8-4-3-5-9(15)6-8/h3-7H,1-2H3,(H,19,20)(H,16,17,18). The minimum absolute atomic E-state index is 0.0767. The molecule has 0 atom stereocenters. The topological polar surface area (TPSA) is 79.3 Å². The molecule has 21 heavy (non-hydrogen) atoms. The van der Waals surface area contributed by atoms with Gasteiger partial charge in [0.05, 0.1) is 5.69 Å². The van der Waals surface area contributed by atoms with Gasteiger partial charge in [-0.15, -0.1) is 0 Å². The number of nitrogens with zero attached hydrogens (tertiary/aromatic N) is 1. The summed E-state index contributed by atoms with van der Waals surface area (Å²) >= 11 is 0.887. The van der Waals surface area contributed by atoms with Gasteiger partial charge in [0.15, 0.2) is 5.13 Å². The highest BCUT2D eigenvalue weighted by Gasteiger charge is 2.20. The molecule has 0 saturated carbocycles. The van der Waals surface area contributed by atoms with Crippen LogP contribution in [0.1, 0.15) is 45.5 Å². The van der Waals surface area contributed by atoms with Crippen LogP contribution in [0.2, 0.25) is 0 Å². The zero-order valence-electron chi connectivity index (χ0n) is 11.4. The van der Waals surface area contributed by atoms with Gasteiger partial charge in [0.1, 0.15) is 10.7 Å². The van der Waals surface area contributed by atoms with Crippen molar-refractivity contribution in [3.8, 4) is 0 Å². The number of rotatable bonds is 4. The van der Waals surface area contributed by atoms with Crippen molar-refractivity contribution in [3.63, 3.8) is 0 Å². The van der Waals surface area contributed by atoms with Crippen molar-refractivity contribution in [1.82, 2.24) is 4.98 Å². The molecule has 5 nitrogen and oxygen atoms in total. The summed E-state index contributed by atoms with van der Waals surface area (Å²) in [5.41, 5.74) is 0.565. The molecule has 7 heteroatoms. The van der Waals surface area contributed by atoms with E-state index >= 15 is 0 Å². The van der Waals surface area contributed by atoms with Gasteiger partial charge in [-0.2, -0.15) is 0 Å². The van der Waals surface area contributed by atoms with Crippen LogP contribution in [0.5, 0.6) is 0 Å². The van der Waals surface area contributed by atoms with Gasteiger partial charge in [0.25, 0.3) is 5.91 Å². The van der Waals surface area contributed by atoms with Gasteiger partial charge in [-0.05, 0) is 24.1 Å².